The molecule has 88 valence electrons. The van der Waals surface area contributed by atoms with Crippen molar-refractivity contribution in [3.05, 3.63) is 29.3 Å². The summed E-state index contributed by atoms with van der Waals surface area (Å²) in [6, 6.07) is 4.95. The summed E-state index contributed by atoms with van der Waals surface area (Å²) in [5.74, 6) is 0.0536. The van der Waals surface area contributed by atoms with Crippen LogP contribution in [-0.2, 0) is 0 Å². The van der Waals surface area contributed by atoms with Crippen molar-refractivity contribution in [2.45, 2.75) is 13.8 Å². The Morgan fingerprint density at radius 2 is 2.19 bits per heavy atom. The third kappa shape index (κ3) is 2.73. The first kappa shape index (κ1) is 12.5. The van der Waals surface area contributed by atoms with E-state index in [0.717, 1.165) is 5.56 Å². The van der Waals surface area contributed by atoms with E-state index in [2.05, 4.69) is 0 Å². The fraction of sp³-hybridized carbons (Fsp3) is 0.417. The lowest BCUT2D eigenvalue weighted by Gasteiger charge is -2.20. The summed E-state index contributed by atoms with van der Waals surface area (Å²) < 4.78 is 0. The van der Waals surface area contributed by atoms with Gasteiger partial charge in [0.25, 0.3) is 5.91 Å². The van der Waals surface area contributed by atoms with E-state index in [-0.39, 0.29) is 11.7 Å². The van der Waals surface area contributed by atoms with Crippen molar-refractivity contribution in [3.63, 3.8) is 0 Å². The van der Waals surface area contributed by atoms with Gasteiger partial charge in [0.2, 0.25) is 0 Å². The lowest BCUT2D eigenvalue weighted by Crippen LogP contribution is -2.35. The largest absolute Gasteiger partial charge is 0.508 e. The van der Waals surface area contributed by atoms with Crippen LogP contribution in [0.1, 0.15) is 22.8 Å². The Morgan fingerprint density at radius 3 is 2.69 bits per heavy atom. The number of phenolic OH excluding ortho intramolecular Hbond substituents is 1. The molecule has 0 fully saturated rings. The molecule has 0 aromatic heterocycles. The summed E-state index contributed by atoms with van der Waals surface area (Å²) in [5.41, 5.74) is 6.69. The number of carbonyl (C=O) groups excluding carboxylic acids is 1. The number of hydrogen-bond donors (Lipinski definition) is 2. The molecule has 0 heterocycles. The first-order valence-corrected chi connectivity index (χ1v) is 5.39. The van der Waals surface area contributed by atoms with Crippen molar-refractivity contribution in [1.82, 2.24) is 4.90 Å². The molecule has 0 bridgehead atoms. The van der Waals surface area contributed by atoms with Gasteiger partial charge in [0.15, 0.2) is 0 Å². The molecule has 3 N–H and O–H groups in total. The van der Waals surface area contributed by atoms with Gasteiger partial charge >= 0.3 is 0 Å². The van der Waals surface area contributed by atoms with Crippen LogP contribution >= 0.6 is 0 Å². The molecule has 1 rings (SSSR count). The minimum absolute atomic E-state index is 0.0942. The van der Waals surface area contributed by atoms with Gasteiger partial charge in [-0.2, -0.15) is 0 Å². The standard InChI is InChI=1S/C12H18N2O2/c1-3-14(7-6-13)12(16)10-5-4-9(2)11(15)8-10/h4-5,8,15H,3,6-7,13H2,1-2H3. The Kier molecular flexibility index (Phi) is 4.31. The van der Waals surface area contributed by atoms with Crippen LogP contribution in [0.4, 0.5) is 0 Å². The average Bonchev–Trinajstić information content (AvgIpc) is 2.28. The van der Waals surface area contributed by atoms with Gasteiger partial charge in [-0.25, -0.2) is 0 Å². The Hall–Kier alpha value is -1.55. The normalized spacial score (nSPS) is 10.2. The molecule has 0 spiro atoms. The Balaban J connectivity index is 2.90. The van der Waals surface area contributed by atoms with Crippen LogP contribution < -0.4 is 5.73 Å². The third-order valence-corrected chi connectivity index (χ3v) is 2.52. The number of carbonyl (C=O) groups is 1. The Bertz CT molecular complexity index is 377. The predicted octanol–water partition coefficient (Wildman–Crippen LogP) is 1.12. The fourth-order valence-corrected chi connectivity index (χ4v) is 1.48. The second-order valence-electron chi connectivity index (χ2n) is 3.67. The Morgan fingerprint density at radius 1 is 1.50 bits per heavy atom. The van der Waals surface area contributed by atoms with Crippen LogP contribution in [0, 0.1) is 6.92 Å². The quantitative estimate of drug-likeness (QED) is 0.802. The Labute approximate surface area is 95.7 Å². The fourth-order valence-electron chi connectivity index (χ4n) is 1.48. The van der Waals surface area contributed by atoms with E-state index < -0.39 is 0 Å². The highest BCUT2D eigenvalue weighted by molar-refractivity contribution is 5.94. The van der Waals surface area contributed by atoms with Gasteiger partial charge in [-0.1, -0.05) is 6.07 Å². The molecule has 0 radical (unpaired) electrons. The maximum atomic E-state index is 12.0. The SMILES string of the molecule is CCN(CCN)C(=O)c1ccc(C)c(O)c1. The second-order valence-corrected chi connectivity index (χ2v) is 3.67. The van der Waals surface area contributed by atoms with Crippen molar-refractivity contribution in [2.75, 3.05) is 19.6 Å². The molecule has 1 amide bonds. The molecule has 16 heavy (non-hydrogen) atoms. The first-order valence-electron chi connectivity index (χ1n) is 5.39. The molecule has 0 aliphatic rings. The van der Waals surface area contributed by atoms with E-state index in [1.807, 2.05) is 6.92 Å². The number of nitrogens with two attached hydrogens (primary N) is 1. The number of phenols is 1. The van der Waals surface area contributed by atoms with E-state index in [0.29, 0.717) is 25.2 Å². The maximum Gasteiger partial charge on any atom is 0.254 e. The van der Waals surface area contributed by atoms with Gasteiger partial charge < -0.3 is 15.7 Å². The maximum absolute atomic E-state index is 12.0. The number of rotatable bonds is 4. The molecule has 1 aromatic rings. The minimum atomic E-state index is -0.0942. The van der Waals surface area contributed by atoms with E-state index >= 15 is 0 Å². The lowest BCUT2D eigenvalue weighted by atomic mass is 10.1. The summed E-state index contributed by atoms with van der Waals surface area (Å²) in [5, 5.41) is 9.54. The highest BCUT2D eigenvalue weighted by Crippen LogP contribution is 2.18. The van der Waals surface area contributed by atoms with Gasteiger partial charge in [0.05, 0.1) is 0 Å². The minimum Gasteiger partial charge on any atom is -0.508 e. The number of hydrogen-bond acceptors (Lipinski definition) is 3. The first-order chi connectivity index (χ1) is 7.60. The summed E-state index contributed by atoms with van der Waals surface area (Å²) >= 11 is 0. The number of aromatic hydroxyl groups is 1. The summed E-state index contributed by atoms with van der Waals surface area (Å²) in [6.07, 6.45) is 0. The van der Waals surface area contributed by atoms with E-state index in [4.69, 9.17) is 5.73 Å². The number of amides is 1. The van der Waals surface area contributed by atoms with Gasteiger partial charge in [0.1, 0.15) is 5.75 Å². The number of benzene rings is 1. The molecule has 4 heteroatoms. The summed E-state index contributed by atoms with van der Waals surface area (Å²) in [7, 11) is 0. The molecule has 0 unspecified atom stereocenters. The molecule has 4 nitrogen and oxygen atoms in total. The van der Waals surface area contributed by atoms with Gasteiger partial charge in [0, 0.05) is 25.2 Å². The van der Waals surface area contributed by atoms with Crippen molar-refractivity contribution in [3.8, 4) is 5.75 Å². The predicted molar refractivity (Wildman–Crippen MR) is 63.5 cm³/mol. The molecular weight excluding hydrogens is 204 g/mol. The lowest BCUT2D eigenvalue weighted by molar-refractivity contribution is 0.0768. The molecule has 0 saturated carbocycles. The zero-order chi connectivity index (χ0) is 12.1. The summed E-state index contributed by atoms with van der Waals surface area (Å²) in [4.78, 5) is 13.6. The number of aryl methyl sites for hydroxylation is 1. The van der Waals surface area contributed by atoms with Crippen molar-refractivity contribution >= 4 is 5.91 Å². The molecule has 1 aromatic carbocycles. The van der Waals surface area contributed by atoms with Crippen LogP contribution in [0.2, 0.25) is 0 Å². The van der Waals surface area contributed by atoms with Crippen LogP contribution in [0.15, 0.2) is 18.2 Å². The molecule has 0 atom stereocenters. The summed E-state index contributed by atoms with van der Waals surface area (Å²) in [6.45, 7) is 5.29. The third-order valence-electron chi connectivity index (χ3n) is 2.52. The average molecular weight is 222 g/mol. The van der Waals surface area contributed by atoms with E-state index in [9.17, 15) is 9.90 Å². The van der Waals surface area contributed by atoms with Crippen LogP contribution in [0.25, 0.3) is 0 Å². The van der Waals surface area contributed by atoms with Gasteiger partial charge in [-0.3, -0.25) is 4.79 Å². The second kappa shape index (κ2) is 5.51. The number of nitrogens with zero attached hydrogens (tertiary/aromatic N) is 1. The van der Waals surface area contributed by atoms with Crippen molar-refractivity contribution in [2.24, 2.45) is 5.73 Å². The van der Waals surface area contributed by atoms with Crippen molar-refractivity contribution < 1.29 is 9.90 Å². The van der Waals surface area contributed by atoms with Gasteiger partial charge in [-0.15, -0.1) is 0 Å². The monoisotopic (exact) mass is 222 g/mol. The van der Waals surface area contributed by atoms with Crippen LogP contribution in [-0.4, -0.2) is 35.5 Å². The number of likely N-dealkylation sites (N-methyl/N-ethyl adjacent to an activating group) is 1. The topological polar surface area (TPSA) is 66.6 Å². The van der Waals surface area contributed by atoms with E-state index in [1.54, 1.807) is 24.0 Å². The van der Waals surface area contributed by atoms with Gasteiger partial charge in [-0.05, 0) is 31.5 Å². The zero-order valence-electron chi connectivity index (χ0n) is 9.73. The molecule has 0 aliphatic heterocycles. The molecule has 0 saturated heterocycles. The zero-order valence-corrected chi connectivity index (χ0v) is 9.73. The van der Waals surface area contributed by atoms with Crippen molar-refractivity contribution in [1.29, 1.82) is 0 Å². The molecular formula is C12H18N2O2. The van der Waals surface area contributed by atoms with Crippen LogP contribution in [0.3, 0.4) is 0 Å². The van der Waals surface area contributed by atoms with Crippen LogP contribution in [0.5, 0.6) is 5.75 Å². The highest BCUT2D eigenvalue weighted by atomic mass is 16.3. The highest BCUT2D eigenvalue weighted by Gasteiger charge is 2.14. The van der Waals surface area contributed by atoms with E-state index in [1.165, 1.54) is 6.07 Å². The smallest absolute Gasteiger partial charge is 0.254 e. The molecule has 0 aliphatic carbocycles.